The number of nitrogens with zero attached hydrogens (tertiary/aromatic N) is 2. The summed E-state index contributed by atoms with van der Waals surface area (Å²) >= 11 is 3.03. The number of hydrogen-bond acceptors (Lipinski definition) is 5. The number of rotatable bonds is 2. The van der Waals surface area contributed by atoms with Crippen molar-refractivity contribution in [2.75, 3.05) is 5.73 Å². The van der Waals surface area contributed by atoms with Crippen LogP contribution in [-0.2, 0) is 6.42 Å². The molecule has 0 aliphatic heterocycles. The highest BCUT2D eigenvalue weighted by molar-refractivity contribution is 7.13. The molecule has 0 aliphatic rings. The molecule has 0 aliphatic carbocycles. The molecule has 0 atom stereocenters. The summed E-state index contributed by atoms with van der Waals surface area (Å²) in [5, 5.41) is 2.61. The summed E-state index contributed by atoms with van der Waals surface area (Å²) in [6.45, 7) is 4.15. The SMILES string of the molecule is CCc1snc(C)c1-c1csc(N)n1. The molecule has 0 spiro atoms. The van der Waals surface area contributed by atoms with Crippen molar-refractivity contribution in [2.24, 2.45) is 0 Å². The lowest BCUT2D eigenvalue weighted by Gasteiger charge is -1.96. The average Bonchev–Trinajstić information content (AvgIpc) is 2.71. The lowest BCUT2D eigenvalue weighted by atomic mass is 10.1. The van der Waals surface area contributed by atoms with Gasteiger partial charge in [0, 0.05) is 15.8 Å². The van der Waals surface area contributed by atoms with Crippen molar-refractivity contribution < 1.29 is 0 Å². The summed E-state index contributed by atoms with van der Waals surface area (Å²) in [7, 11) is 0. The first-order valence-corrected chi connectivity index (χ1v) is 6.04. The molecule has 2 rings (SSSR count). The molecule has 0 saturated heterocycles. The largest absolute Gasteiger partial charge is 0.375 e. The first kappa shape index (κ1) is 9.61. The maximum Gasteiger partial charge on any atom is 0.180 e. The Morgan fingerprint density at radius 1 is 1.50 bits per heavy atom. The standard InChI is InChI=1S/C9H11N3S2/c1-3-7-8(5(2)12-14-7)6-4-13-9(10)11-6/h4H,3H2,1-2H3,(H2,10,11). The average molecular weight is 225 g/mol. The van der Waals surface area contributed by atoms with E-state index in [0.29, 0.717) is 5.13 Å². The fraction of sp³-hybridized carbons (Fsp3) is 0.333. The van der Waals surface area contributed by atoms with Gasteiger partial charge < -0.3 is 5.73 Å². The van der Waals surface area contributed by atoms with Gasteiger partial charge in [0.2, 0.25) is 0 Å². The summed E-state index contributed by atoms with van der Waals surface area (Å²) in [5.41, 5.74) is 8.81. The van der Waals surface area contributed by atoms with Crippen LogP contribution in [0.5, 0.6) is 0 Å². The number of hydrogen-bond donors (Lipinski definition) is 1. The highest BCUT2D eigenvalue weighted by Gasteiger charge is 2.13. The van der Waals surface area contributed by atoms with Gasteiger partial charge in [0.05, 0.1) is 11.4 Å². The molecule has 0 bridgehead atoms. The molecule has 0 fully saturated rings. The number of thiazole rings is 1. The van der Waals surface area contributed by atoms with Crippen LogP contribution in [0.3, 0.4) is 0 Å². The van der Waals surface area contributed by atoms with E-state index in [2.05, 4.69) is 16.3 Å². The van der Waals surface area contributed by atoms with E-state index < -0.39 is 0 Å². The lowest BCUT2D eigenvalue weighted by molar-refractivity contribution is 1.18. The first-order chi connectivity index (χ1) is 6.72. The van der Waals surface area contributed by atoms with Crippen LogP contribution in [0, 0.1) is 6.92 Å². The second-order valence-electron chi connectivity index (χ2n) is 2.99. The smallest absolute Gasteiger partial charge is 0.180 e. The summed E-state index contributed by atoms with van der Waals surface area (Å²) in [6.07, 6.45) is 0.998. The third-order valence-corrected chi connectivity index (χ3v) is 3.78. The Labute approximate surface area is 90.8 Å². The highest BCUT2D eigenvalue weighted by atomic mass is 32.1. The highest BCUT2D eigenvalue weighted by Crippen LogP contribution is 2.31. The number of aryl methyl sites for hydroxylation is 2. The Hall–Kier alpha value is -0.940. The van der Waals surface area contributed by atoms with Gasteiger partial charge in [-0.2, -0.15) is 4.37 Å². The Bertz CT molecular complexity index is 445. The quantitative estimate of drug-likeness (QED) is 0.855. The van der Waals surface area contributed by atoms with E-state index in [4.69, 9.17) is 5.73 Å². The normalized spacial score (nSPS) is 10.7. The molecule has 2 heterocycles. The molecule has 3 nitrogen and oxygen atoms in total. The van der Waals surface area contributed by atoms with E-state index >= 15 is 0 Å². The molecule has 14 heavy (non-hydrogen) atoms. The van der Waals surface area contributed by atoms with Crippen LogP contribution in [0.25, 0.3) is 11.3 Å². The molecule has 5 heteroatoms. The Morgan fingerprint density at radius 3 is 2.86 bits per heavy atom. The van der Waals surface area contributed by atoms with Crippen LogP contribution in [-0.4, -0.2) is 9.36 Å². The Kier molecular flexibility index (Phi) is 2.52. The molecular formula is C9H11N3S2. The zero-order chi connectivity index (χ0) is 10.1. The van der Waals surface area contributed by atoms with Crippen molar-refractivity contribution in [1.29, 1.82) is 0 Å². The van der Waals surface area contributed by atoms with Gasteiger partial charge in [-0.15, -0.1) is 11.3 Å². The van der Waals surface area contributed by atoms with Gasteiger partial charge >= 0.3 is 0 Å². The minimum absolute atomic E-state index is 0.618. The minimum Gasteiger partial charge on any atom is -0.375 e. The van der Waals surface area contributed by atoms with Gasteiger partial charge in [-0.1, -0.05) is 6.92 Å². The number of nitrogens with two attached hydrogens (primary N) is 1. The molecule has 0 amide bonds. The van der Waals surface area contributed by atoms with Gasteiger partial charge in [0.1, 0.15) is 0 Å². The minimum atomic E-state index is 0.618. The van der Waals surface area contributed by atoms with Gasteiger partial charge in [-0.3, -0.25) is 0 Å². The molecule has 0 aromatic carbocycles. The topological polar surface area (TPSA) is 51.8 Å². The van der Waals surface area contributed by atoms with Crippen LogP contribution in [0.15, 0.2) is 5.38 Å². The van der Waals surface area contributed by atoms with Gasteiger partial charge in [-0.05, 0) is 24.9 Å². The molecule has 0 radical (unpaired) electrons. The molecule has 2 aromatic heterocycles. The van der Waals surface area contributed by atoms with Crippen molar-refractivity contribution in [3.63, 3.8) is 0 Å². The fourth-order valence-corrected chi connectivity index (χ4v) is 2.75. The van der Waals surface area contributed by atoms with E-state index in [1.165, 1.54) is 21.8 Å². The van der Waals surface area contributed by atoms with Gasteiger partial charge in [-0.25, -0.2) is 4.98 Å². The summed E-state index contributed by atoms with van der Waals surface area (Å²) in [6, 6.07) is 0. The molecule has 2 N–H and O–H groups in total. The van der Waals surface area contributed by atoms with Gasteiger partial charge in [0.15, 0.2) is 5.13 Å². The van der Waals surface area contributed by atoms with Crippen molar-refractivity contribution >= 4 is 28.0 Å². The zero-order valence-corrected chi connectivity index (χ0v) is 9.71. The molecular weight excluding hydrogens is 214 g/mol. The van der Waals surface area contributed by atoms with Crippen LogP contribution in [0.1, 0.15) is 17.5 Å². The fourth-order valence-electron chi connectivity index (χ4n) is 1.39. The molecule has 0 unspecified atom stereocenters. The third-order valence-electron chi connectivity index (χ3n) is 2.03. The third kappa shape index (κ3) is 1.53. The lowest BCUT2D eigenvalue weighted by Crippen LogP contribution is -1.86. The zero-order valence-electron chi connectivity index (χ0n) is 8.07. The monoisotopic (exact) mass is 225 g/mol. The molecule has 0 saturated carbocycles. The van der Waals surface area contributed by atoms with Crippen LogP contribution < -0.4 is 5.73 Å². The van der Waals surface area contributed by atoms with Gasteiger partial charge in [0.25, 0.3) is 0 Å². The summed E-state index contributed by atoms with van der Waals surface area (Å²) in [5.74, 6) is 0. The predicted molar refractivity (Wildman–Crippen MR) is 61.7 cm³/mol. The van der Waals surface area contributed by atoms with Crippen molar-refractivity contribution in [3.05, 3.63) is 16.0 Å². The van der Waals surface area contributed by atoms with E-state index in [1.54, 1.807) is 11.5 Å². The summed E-state index contributed by atoms with van der Waals surface area (Å²) in [4.78, 5) is 5.57. The number of nitrogen functional groups attached to an aromatic ring is 1. The van der Waals surface area contributed by atoms with E-state index in [0.717, 1.165) is 17.8 Å². The maximum atomic E-state index is 5.62. The van der Waals surface area contributed by atoms with E-state index in [-0.39, 0.29) is 0 Å². The summed E-state index contributed by atoms with van der Waals surface area (Å²) < 4.78 is 4.34. The van der Waals surface area contributed by atoms with Crippen molar-refractivity contribution in [3.8, 4) is 11.3 Å². The van der Waals surface area contributed by atoms with Crippen LogP contribution in [0.2, 0.25) is 0 Å². The van der Waals surface area contributed by atoms with Crippen molar-refractivity contribution in [2.45, 2.75) is 20.3 Å². The van der Waals surface area contributed by atoms with E-state index in [1.807, 2.05) is 12.3 Å². The van der Waals surface area contributed by atoms with E-state index in [9.17, 15) is 0 Å². The van der Waals surface area contributed by atoms with Crippen LogP contribution in [0.4, 0.5) is 5.13 Å². The van der Waals surface area contributed by atoms with Crippen LogP contribution >= 0.6 is 22.9 Å². The molecule has 2 aromatic rings. The number of anilines is 1. The Balaban J connectivity index is 2.54. The predicted octanol–water partition coefficient (Wildman–Crippen LogP) is 2.72. The Morgan fingerprint density at radius 2 is 2.29 bits per heavy atom. The second-order valence-corrected chi connectivity index (χ2v) is 4.74. The second kappa shape index (κ2) is 3.67. The maximum absolute atomic E-state index is 5.62. The van der Waals surface area contributed by atoms with Crippen molar-refractivity contribution in [1.82, 2.24) is 9.36 Å². The number of aromatic nitrogens is 2. The first-order valence-electron chi connectivity index (χ1n) is 4.39. The molecule has 74 valence electrons.